The molecule has 2 aromatic carbocycles. The molecule has 1 atom stereocenters. The molecular formula is C22H26N4O3. The van der Waals surface area contributed by atoms with Crippen molar-refractivity contribution in [2.24, 2.45) is 0 Å². The van der Waals surface area contributed by atoms with Crippen LogP contribution in [-0.2, 0) is 11.3 Å². The number of aromatic nitrogens is 2. The standard InChI is InChI=1S/C22H26N4O3/c1-14-8-7-9-15(2)19(14)25-22(28)23-16(3)20-24-18-11-6-5-10-17(18)21(27)26(20)12-13-29-4/h5-11,16H,12-13H2,1-4H3,(H2,23,25,28). The maximum absolute atomic E-state index is 13.0. The van der Waals surface area contributed by atoms with Crippen molar-refractivity contribution in [3.8, 4) is 0 Å². The molecule has 0 aliphatic carbocycles. The number of nitrogens with zero attached hydrogens (tertiary/aromatic N) is 2. The first kappa shape index (κ1) is 20.5. The summed E-state index contributed by atoms with van der Waals surface area (Å²) in [5, 5.41) is 6.34. The van der Waals surface area contributed by atoms with Crippen LogP contribution in [0.15, 0.2) is 47.3 Å². The van der Waals surface area contributed by atoms with Gasteiger partial charge in [0.1, 0.15) is 5.82 Å². The number of fused-ring (bicyclic) bond motifs is 1. The van der Waals surface area contributed by atoms with E-state index in [1.54, 1.807) is 23.8 Å². The summed E-state index contributed by atoms with van der Waals surface area (Å²) in [4.78, 5) is 30.2. The fourth-order valence-corrected chi connectivity index (χ4v) is 3.34. The summed E-state index contributed by atoms with van der Waals surface area (Å²) in [6, 6.07) is 12.2. The van der Waals surface area contributed by atoms with Crippen molar-refractivity contribution in [3.63, 3.8) is 0 Å². The number of aryl methyl sites for hydroxylation is 2. The summed E-state index contributed by atoms with van der Waals surface area (Å²) in [6.45, 7) is 6.42. The first-order valence-corrected chi connectivity index (χ1v) is 9.54. The Kier molecular flexibility index (Phi) is 6.29. The third-order valence-electron chi connectivity index (χ3n) is 4.86. The lowest BCUT2D eigenvalue weighted by Crippen LogP contribution is -2.36. The average Bonchev–Trinajstić information content (AvgIpc) is 2.70. The number of anilines is 1. The number of methoxy groups -OCH3 is 1. The molecule has 3 rings (SSSR count). The van der Waals surface area contributed by atoms with E-state index in [1.165, 1.54) is 0 Å². The van der Waals surface area contributed by atoms with Gasteiger partial charge in [0.15, 0.2) is 0 Å². The molecule has 0 saturated carbocycles. The van der Waals surface area contributed by atoms with Crippen molar-refractivity contribution < 1.29 is 9.53 Å². The summed E-state index contributed by atoms with van der Waals surface area (Å²) in [7, 11) is 1.58. The number of benzene rings is 2. The van der Waals surface area contributed by atoms with Crippen LogP contribution < -0.4 is 16.2 Å². The average molecular weight is 394 g/mol. The Hall–Kier alpha value is -3.19. The smallest absolute Gasteiger partial charge is 0.319 e. The first-order chi connectivity index (χ1) is 13.9. The molecule has 2 amide bonds. The zero-order valence-electron chi connectivity index (χ0n) is 17.2. The Labute approximate surface area is 169 Å². The minimum Gasteiger partial charge on any atom is -0.383 e. The van der Waals surface area contributed by atoms with Gasteiger partial charge in [0.05, 0.1) is 30.1 Å². The predicted octanol–water partition coefficient (Wildman–Crippen LogP) is 3.54. The molecular weight excluding hydrogens is 368 g/mol. The van der Waals surface area contributed by atoms with Crippen molar-refractivity contribution in [1.82, 2.24) is 14.9 Å². The zero-order valence-corrected chi connectivity index (χ0v) is 17.2. The first-order valence-electron chi connectivity index (χ1n) is 9.54. The summed E-state index contributed by atoms with van der Waals surface area (Å²) >= 11 is 0. The Morgan fingerprint density at radius 3 is 2.52 bits per heavy atom. The summed E-state index contributed by atoms with van der Waals surface area (Å²) < 4.78 is 6.71. The second-order valence-corrected chi connectivity index (χ2v) is 7.02. The van der Waals surface area contributed by atoms with Crippen molar-refractivity contribution >= 4 is 22.6 Å². The van der Waals surface area contributed by atoms with Crippen molar-refractivity contribution in [2.45, 2.75) is 33.4 Å². The van der Waals surface area contributed by atoms with E-state index in [9.17, 15) is 9.59 Å². The van der Waals surface area contributed by atoms with Gasteiger partial charge in [-0.15, -0.1) is 0 Å². The van der Waals surface area contributed by atoms with Crippen LogP contribution in [0, 0.1) is 13.8 Å². The van der Waals surface area contributed by atoms with Crippen LogP contribution in [0.4, 0.5) is 10.5 Å². The van der Waals surface area contributed by atoms with Crippen LogP contribution in [-0.4, -0.2) is 29.3 Å². The largest absolute Gasteiger partial charge is 0.383 e. The van der Waals surface area contributed by atoms with Gasteiger partial charge < -0.3 is 15.4 Å². The quantitative estimate of drug-likeness (QED) is 0.670. The molecule has 1 aromatic heterocycles. The molecule has 3 aromatic rings. The Morgan fingerprint density at radius 2 is 1.83 bits per heavy atom. The molecule has 0 radical (unpaired) electrons. The number of carbonyl (C=O) groups excluding carboxylic acids is 1. The number of para-hydroxylation sites is 2. The molecule has 0 aliphatic heterocycles. The van der Waals surface area contributed by atoms with Crippen LogP contribution in [0.1, 0.15) is 29.9 Å². The van der Waals surface area contributed by atoms with Gasteiger partial charge in [0.25, 0.3) is 5.56 Å². The van der Waals surface area contributed by atoms with Crippen molar-refractivity contribution in [1.29, 1.82) is 0 Å². The SMILES string of the molecule is COCCn1c(C(C)NC(=O)Nc2c(C)cccc2C)nc2ccccc2c1=O. The van der Waals surface area contributed by atoms with Crippen LogP contribution in [0.2, 0.25) is 0 Å². The topological polar surface area (TPSA) is 85.2 Å². The third-order valence-corrected chi connectivity index (χ3v) is 4.86. The number of ether oxygens (including phenoxy) is 1. The monoisotopic (exact) mass is 394 g/mol. The van der Waals surface area contributed by atoms with Gasteiger partial charge in [0, 0.05) is 12.8 Å². The fourth-order valence-electron chi connectivity index (χ4n) is 3.34. The van der Waals surface area contributed by atoms with E-state index in [1.807, 2.05) is 51.1 Å². The molecule has 0 saturated heterocycles. The number of rotatable bonds is 6. The maximum Gasteiger partial charge on any atom is 0.319 e. The number of amides is 2. The van der Waals surface area contributed by atoms with E-state index in [0.29, 0.717) is 29.9 Å². The van der Waals surface area contributed by atoms with Gasteiger partial charge in [-0.2, -0.15) is 0 Å². The number of hydrogen-bond acceptors (Lipinski definition) is 4. The van der Waals surface area contributed by atoms with E-state index in [0.717, 1.165) is 16.8 Å². The van der Waals surface area contributed by atoms with Crippen LogP contribution in [0.3, 0.4) is 0 Å². The summed E-state index contributed by atoms with van der Waals surface area (Å²) in [5.41, 5.74) is 3.19. The van der Waals surface area contributed by atoms with E-state index < -0.39 is 6.04 Å². The van der Waals surface area contributed by atoms with Gasteiger partial charge >= 0.3 is 6.03 Å². The molecule has 0 spiro atoms. The second-order valence-electron chi connectivity index (χ2n) is 7.02. The van der Waals surface area contributed by atoms with Gasteiger partial charge in [0.2, 0.25) is 0 Å². The highest BCUT2D eigenvalue weighted by molar-refractivity contribution is 5.91. The van der Waals surface area contributed by atoms with E-state index >= 15 is 0 Å². The molecule has 1 heterocycles. The molecule has 2 N–H and O–H groups in total. The molecule has 7 nitrogen and oxygen atoms in total. The normalized spacial score (nSPS) is 12.0. The Morgan fingerprint density at radius 1 is 1.14 bits per heavy atom. The predicted molar refractivity (Wildman–Crippen MR) is 114 cm³/mol. The van der Waals surface area contributed by atoms with E-state index in [2.05, 4.69) is 15.6 Å². The molecule has 7 heteroatoms. The minimum atomic E-state index is -0.478. The Bertz CT molecular complexity index is 1070. The summed E-state index contributed by atoms with van der Waals surface area (Å²) in [6.07, 6.45) is 0. The molecule has 0 aliphatic rings. The van der Waals surface area contributed by atoms with Crippen LogP contribution in [0.5, 0.6) is 0 Å². The number of nitrogens with one attached hydrogen (secondary N) is 2. The maximum atomic E-state index is 13.0. The van der Waals surface area contributed by atoms with Crippen LogP contribution >= 0.6 is 0 Å². The van der Waals surface area contributed by atoms with Gasteiger partial charge in [-0.3, -0.25) is 9.36 Å². The second kappa shape index (κ2) is 8.87. The molecule has 29 heavy (non-hydrogen) atoms. The minimum absolute atomic E-state index is 0.147. The number of carbonyl (C=O) groups is 1. The molecule has 1 unspecified atom stereocenters. The van der Waals surface area contributed by atoms with E-state index in [4.69, 9.17) is 4.74 Å². The lowest BCUT2D eigenvalue weighted by atomic mass is 10.1. The molecule has 0 fully saturated rings. The third kappa shape index (κ3) is 4.46. The highest BCUT2D eigenvalue weighted by Crippen LogP contribution is 2.20. The van der Waals surface area contributed by atoms with Crippen molar-refractivity contribution in [3.05, 3.63) is 69.8 Å². The Balaban J connectivity index is 1.90. The van der Waals surface area contributed by atoms with Gasteiger partial charge in [-0.25, -0.2) is 9.78 Å². The van der Waals surface area contributed by atoms with Crippen molar-refractivity contribution in [2.75, 3.05) is 19.0 Å². The van der Waals surface area contributed by atoms with Gasteiger partial charge in [-0.05, 0) is 44.0 Å². The molecule has 152 valence electrons. The fraction of sp³-hybridized carbons (Fsp3) is 0.318. The highest BCUT2D eigenvalue weighted by atomic mass is 16.5. The van der Waals surface area contributed by atoms with Crippen LogP contribution in [0.25, 0.3) is 10.9 Å². The number of urea groups is 1. The number of hydrogen-bond donors (Lipinski definition) is 2. The zero-order chi connectivity index (χ0) is 21.0. The lowest BCUT2D eigenvalue weighted by molar-refractivity contribution is 0.184. The highest BCUT2D eigenvalue weighted by Gasteiger charge is 2.19. The lowest BCUT2D eigenvalue weighted by Gasteiger charge is -2.20. The van der Waals surface area contributed by atoms with Gasteiger partial charge in [-0.1, -0.05) is 30.3 Å². The summed E-state index contributed by atoms with van der Waals surface area (Å²) in [5.74, 6) is 0.488. The van der Waals surface area contributed by atoms with E-state index in [-0.39, 0.29) is 11.6 Å². The molecule has 0 bridgehead atoms.